The van der Waals surface area contributed by atoms with Crippen molar-refractivity contribution in [2.45, 2.75) is 0 Å². The number of phenols is 2. The van der Waals surface area contributed by atoms with Crippen molar-refractivity contribution in [3.63, 3.8) is 0 Å². The van der Waals surface area contributed by atoms with E-state index in [2.05, 4.69) is 0 Å². The fourth-order valence-electron chi connectivity index (χ4n) is 1.03. The number of benzene rings is 1. The van der Waals surface area contributed by atoms with Gasteiger partial charge in [0.2, 0.25) is 5.75 Å². The Morgan fingerprint density at radius 2 is 2.00 bits per heavy atom. The molecule has 0 saturated carbocycles. The van der Waals surface area contributed by atoms with E-state index in [9.17, 15) is 14.9 Å². The number of rotatable bonds is 3. The van der Waals surface area contributed by atoms with E-state index in [4.69, 9.17) is 15.3 Å². The van der Waals surface area contributed by atoms with Gasteiger partial charge in [0.25, 0.3) is 0 Å². The lowest BCUT2D eigenvalue weighted by Gasteiger charge is -2.00. The summed E-state index contributed by atoms with van der Waals surface area (Å²) in [4.78, 5) is 19.8. The molecule has 0 unspecified atom stereocenters. The molecule has 0 saturated heterocycles. The number of carbonyl (C=O) groups is 1. The number of aromatic hydroxyl groups is 2. The zero-order valence-electron chi connectivity index (χ0n) is 7.82. The molecule has 7 nitrogen and oxygen atoms in total. The zero-order valence-corrected chi connectivity index (χ0v) is 7.82. The highest BCUT2D eigenvalue weighted by Gasteiger charge is 2.17. The summed E-state index contributed by atoms with van der Waals surface area (Å²) in [6.45, 7) is 0. The topological polar surface area (TPSA) is 121 Å². The molecule has 0 bridgehead atoms. The molecule has 0 heterocycles. The molecule has 0 atom stereocenters. The molecule has 0 radical (unpaired) electrons. The van der Waals surface area contributed by atoms with E-state index < -0.39 is 28.1 Å². The van der Waals surface area contributed by atoms with Crippen molar-refractivity contribution in [3.05, 3.63) is 33.9 Å². The van der Waals surface area contributed by atoms with Gasteiger partial charge in [-0.05, 0) is 17.7 Å². The summed E-state index contributed by atoms with van der Waals surface area (Å²) in [5.74, 6) is -2.76. The maximum absolute atomic E-state index is 10.5. The summed E-state index contributed by atoms with van der Waals surface area (Å²) in [5.41, 5.74) is -0.588. The highest BCUT2D eigenvalue weighted by molar-refractivity contribution is 5.85. The van der Waals surface area contributed by atoms with Crippen LogP contribution in [0.25, 0.3) is 6.08 Å². The van der Waals surface area contributed by atoms with Crippen LogP contribution in [-0.4, -0.2) is 26.2 Å². The Morgan fingerprint density at radius 1 is 1.38 bits per heavy atom. The molecule has 1 rings (SSSR count). The average Bonchev–Trinajstić information content (AvgIpc) is 2.19. The summed E-state index contributed by atoms with van der Waals surface area (Å²) >= 11 is 0. The second-order valence-electron chi connectivity index (χ2n) is 2.84. The number of nitrogens with zero attached hydrogens (tertiary/aromatic N) is 1. The Hall–Kier alpha value is -2.57. The molecular weight excluding hydrogens is 218 g/mol. The predicted molar refractivity (Wildman–Crippen MR) is 53.1 cm³/mol. The number of phenolic OH excluding ortho intramolecular Hbond substituents is 2. The van der Waals surface area contributed by atoms with Gasteiger partial charge in [0, 0.05) is 12.1 Å². The molecule has 0 aliphatic heterocycles. The average molecular weight is 225 g/mol. The molecule has 1 aromatic carbocycles. The van der Waals surface area contributed by atoms with Crippen LogP contribution in [0.4, 0.5) is 5.69 Å². The lowest BCUT2D eigenvalue weighted by Crippen LogP contribution is -1.90. The summed E-state index contributed by atoms with van der Waals surface area (Å²) in [6, 6.07) is 1.97. The Bertz CT molecular complexity index is 479. The normalized spacial score (nSPS) is 10.5. The van der Waals surface area contributed by atoms with Crippen LogP contribution in [0.2, 0.25) is 0 Å². The fraction of sp³-hybridized carbons (Fsp3) is 0. The van der Waals surface area contributed by atoms with E-state index in [-0.39, 0.29) is 5.56 Å². The van der Waals surface area contributed by atoms with Gasteiger partial charge in [0.05, 0.1) is 4.92 Å². The fourth-order valence-corrected chi connectivity index (χ4v) is 1.03. The maximum atomic E-state index is 10.5. The summed E-state index contributed by atoms with van der Waals surface area (Å²) in [7, 11) is 0. The van der Waals surface area contributed by atoms with Crippen molar-refractivity contribution in [2.24, 2.45) is 0 Å². The van der Waals surface area contributed by atoms with Crippen LogP contribution in [0.5, 0.6) is 11.5 Å². The minimum Gasteiger partial charge on any atom is -0.504 e. The Labute approximate surface area is 89.0 Å². The third-order valence-electron chi connectivity index (χ3n) is 1.71. The largest absolute Gasteiger partial charge is 0.504 e. The second kappa shape index (κ2) is 4.30. The molecule has 0 amide bonds. The van der Waals surface area contributed by atoms with Gasteiger partial charge in [-0.25, -0.2) is 4.79 Å². The minimum absolute atomic E-state index is 0.101. The van der Waals surface area contributed by atoms with Crippen molar-refractivity contribution >= 4 is 17.7 Å². The van der Waals surface area contributed by atoms with Gasteiger partial charge in [0.15, 0.2) is 5.75 Å². The van der Waals surface area contributed by atoms with Crippen LogP contribution < -0.4 is 0 Å². The molecule has 7 heteroatoms. The Balaban J connectivity index is 3.24. The van der Waals surface area contributed by atoms with E-state index in [0.717, 1.165) is 24.3 Å². The molecule has 0 aliphatic carbocycles. The third kappa shape index (κ3) is 2.47. The standard InChI is InChI=1S/C9H7NO6/c11-7-4-5(1-2-8(12)13)3-6(9(7)14)10(15)16/h1-4,11,14H,(H,12,13)/b2-1-. The number of aliphatic carboxylic acids is 1. The van der Waals surface area contributed by atoms with Gasteiger partial charge in [-0.3, -0.25) is 10.1 Å². The van der Waals surface area contributed by atoms with Crippen LogP contribution >= 0.6 is 0 Å². The van der Waals surface area contributed by atoms with Gasteiger partial charge in [-0.2, -0.15) is 0 Å². The number of hydrogen-bond acceptors (Lipinski definition) is 5. The quantitative estimate of drug-likeness (QED) is 0.306. The van der Waals surface area contributed by atoms with Gasteiger partial charge in [0.1, 0.15) is 0 Å². The van der Waals surface area contributed by atoms with Gasteiger partial charge < -0.3 is 15.3 Å². The van der Waals surface area contributed by atoms with E-state index in [1.807, 2.05) is 0 Å². The summed E-state index contributed by atoms with van der Waals surface area (Å²) in [6.07, 6.45) is 1.82. The molecule has 1 aromatic rings. The van der Waals surface area contributed by atoms with Crippen molar-refractivity contribution < 1.29 is 25.0 Å². The van der Waals surface area contributed by atoms with Crippen LogP contribution in [-0.2, 0) is 4.79 Å². The summed E-state index contributed by atoms with van der Waals surface area (Å²) in [5, 5.41) is 37.1. The maximum Gasteiger partial charge on any atom is 0.328 e. The molecule has 16 heavy (non-hydrogen) atoms. The first-order chi connectivity index (χ1) is 7.41. The van der Waals surface area contributed by atoms with Crippen LogP contribution in [0.15, 0.2) is 18.2 Å². The van der Waals surface area contributed by atoms with E-state index >= 15 is 0 Å². The first-order valence-corrected chi connectivity index (χ1v) is 4.03. The second-order valence-corrected chi connectivity index (χ2v) is 2.84. The SMILES string of the molecule is O=C(O)/C=C\c1cc(O)c(O)c([N+](=O)[O-])c1. The zero-order chi connectivity index (χ0) is 12.3. The first-order valence-electron chi connectivity index (χ1n) is 4.03. The van der Waals surface area contributed by atoms with Crippen molar-refractivity contribution in [2.75, 3.05) is 0 Å². The van der Waals surface area contributed by atoms with Gasteiger partial charge in [-0.15, -0.1) is 0 Å². The molecule has 0 fully saturated rings. The van der Waals surface area contributed by atoms with Crippen molar-refractivity contribution in [1.82, 2.24) is 0 Å². The van der Waals surface area contributed by atoms with E-state index in [1.54, 1.807) is 0 Å². The number of nitro groups is 1. The number of hydrogen-bond donors (Lipinski definition) is 3. The molecule has 0 spiro atoms. The van der Waals surface area contributed by atoms with Gasteiger partial charge >= 0.3 is 11.7 Å². The lowest BCUT2D eigenvalue weighted by molar-refractivity contribution is -0.386. The number of carboxylic acids is 1. The summed E-state index contributed by atoms with van der Waals surface area (Å²) < 4.78 is 0. The smallest absolute Gasteiger partial charge is 0.328 e. The monoisotopic (exact) mass is 225 g/mol. The van der Waals surface area contributed by atoms with Gasteiger partial charge in [-0.1, -0.05) is 0 Å². The first kappa shape index (κ1) is 11.5. The number of carboxylic acid groups (broad SMARTS) is 1. The third-order valence-corrected chi connectivity index (χ3v) is 1.71. The predicted octanol–water partition coefficient (Wildman–Crippen LogP) is 1.10. The van der Waals surface area contributed by atoms with Crippen LogP contribution in [0.1, 0.15) is 5.56 Å². The molecule has 0 aromatic heterocycles. The minimum atomic E-state index is -1.23. The van der Waals surface area contributed by atoms with Crippen molar-refractivity contribution in [1.29, 1.82) is 0 Å². The number of nitro benzene ring substituents is 1. The highest BCUT2D eigenvalue weighted by atomic mass is 16.6. The van der Waals surface area contributed by atoms with E-state index in [1.165, 1.54) is 0 Å². The Kier molecular flexibility index (Phi) is 3.09. The van der Waals surface area contributed by atoms with Crippen molar-refractivity contribution in [3.8, 4) is 11.5 Å². The van der Waals surface area contributed by atoms with Crippen LogP contribution in [0, 0.1) is 10.1 Å². The molecule has 0 aliphatic rings. The molecule has 3 N–H and O–H groups in total. The Morgan fingerprint density at radius 3 is 2.50 bits per heavy atom. The van der Waals surface area contributed by atoms with E-state index in [0.29, 0.717) is 0 Å². The molecular formula is C9H7NO6. The highest BCUT2D eigenvalue weighted by Crippen LogP contribution is 2.36. The van der Waals surface area contributed by atoms with Crippen LogP contribution in [0.3, 0.4) is 0 Å². The molecule has 84 valence electrons. The lowest BCUT2D eigenvalue weighted by atomic mass is 10.1.